The Hall–Kier alpha value is -2.36. The molecule has 4 heteroatoms. The summed E-state index contributed by atoms with van der Waals surface area (Å²) in [7, 11) is 1.58. The van der Waals surface area contributed by atoms with E-state index in [1.165, 1.54) is 0 Å². The van der Waals surface area contributed by atoms with Crippen LogP contribution in [-0.4, -0.2) is 24.8 Å². The smallest absolute Gasteiger partial charge is 0.269 e. The molecule has 1 heterocycles. The molecule has 0 saturated carbocycles. The Morgan fingerprint density at radius 3 is 2.71 bits per heavy atom. The van der Waals surface area contributed by atoms with Crippen molar-refractivity contribution in [2.75, 3.05) is 7.05 Å². The van der Waals surface area contributed by atoms with Gasteiger partial charge in [0, 0.05) is 13.2 Å². The van der Waals surface area contributed by atoms with Crippen LogP contribution in [0.5, 0.6) is 5.75 Å². The van der Waals surface area contributed by atoms with Gasteiger partial charge in [0.25, 0.3) is 5.91 Å². The zero-order valence-electron chi connectivity index (χ0n) is 13.0. The van der Waals surface area contributed by atoms with Gasteiger partial charge in [0.15, 0.2) is 0 Å². The summed E-state index contributed by atoms with van der Waals surface area (Å²) >= 11 is 0. The number of amides is 1. The van der Waals surface area contributed by atoms with Crippen LogP contribution in [0.1, 0.15) is 19.4 Å². The number of aliphatic imine (C=N–C) groups is 1. The topological polar surface area (TPSA) is 50.7 Å². The molecule has 21 heavy (non-hydrogen) atoms. The van der Waals surface area contributed by atoms with Gasteiger partial charge in [-0.05, 0) is 42.8 Å². The second kappa shape index (κ2) is 8.74. The van der Waals surface area contributed by atoms with Crippen LogP contribution in [0, 0.1) is 6.92 Å². The van der Waals surface area contributed by atoms with E-state index in [9.17, 15) is 4.79 Å². The molecule has 0 spiro atoms. The van der Waals surface area contributed by atoms with E-state index < -0.39 is 0 Å². The summed E-state index contributed by atoms with van der Waals surface area (Å²) in [5, 5.41) is 2.54. The molecule has 0 radical (unpaired) electrons. The molecule has 2 rings (SSSR count). The highest BCUT2D eigenvalue weighted by Crippen LogP contribution is 2.15. The molecular formula is C17H22N2O2. The van der Waals surface area contributed by atoms with Crippen molar-refractivity contribution < 1.29 is 9.53 Å². The van der Waals surface area contributed by atoms with E-state index in [0.717, 1.165) is 11.3 Å². The molecule has 1 aliphatic rings. The number of nitrogens with one attached hydrogen (secondary N) is 1. The number of ether oxygens (including phenoxy) is 1. The largest absolute Gasteiger partial charge is 0.482 e. The molecule has 1 amide bonds. The van der Waals surface area contributed by atoms with E-state index in [1.807, 2.05) is 45.0 Å². The Morgan fingerprint density at radius 2 is 2.05 bits per heavy atom. The van der Waals surface area contributed by atoms with Crippen molar-refractivity contribution in [2.24, 2.45) is 4.99 Å². The lowest BCUT2D eigenvalue weighted by Crippen LogP contribution is -2.26. The fraction of sp³-hybridized carbons (Fsp3) is 0.294. The molecule has 0 fully saturated rings. The lowest BCUT2D eigenvalue weighted by molar-refractivity contribution is -0.114. The maximum Gasteiger partial charge on any atom is 0.269 e. The van der Waals surface area contributed by atoms with E-state index in [-0.39, 0.29) is 12.0 Å². The van der Waals surface area contributed by atoms with E-state index in [1.54, 1.807) is 31.5 Å². The van der Waals surface area contributed by atoms with Crippen molar-refractivity contribution in [3.05, 3.63) is 54.3 Å². The summed E-state index contributed by atoms with van der Waals surface area (Å²) in [4.78, 5) is 15.5. The molecule has 1 atom stereocenters. The van der Waals surface area contributed by atoms with E-state index in [0.29, 0.717) is 5.71 Å². The highest BCUT2D eigenvalue weighted by atomic mass is 16.5. The number of nitrogens with zero attached hydrogens (tertiary/aromatic N) is 1. The number of benzene rings is 1. The SMILES string of the molecule is CC.CNC(=O)C1=NC=CC(Oc2cccc(C)c2)C=C1. The standard InChI is InChI=1S/C15H16N2O2.C2H6/c1-11-4-3-5-13(10-11)19-12-6-7-14(15(18)16-2)17-9-8-12;1-2/h3-10,12H,1-2H3,(H,16,18);1-2H3. The van der Waals surface area contributed by atoms with Gasteiger partial charge in [0.2, 0.25) is 0 Å². The molecule has 1 aromatic carbocycles. The van der Waals surface area contributed by atoms with Crippen molar-refractivity contribution in [2.45, 2.75) is 26.9 Å². The van der Waals surface area contributed by atoms with Gasteiger partial charge in [0.1, 0.15) is 17.6 Å². The fourth-order valence-electron chi connectivity index (χ4n) is 1.69. The zero-order valence-corrected chi connectivity index (χ0v) is 13.0. The minimum Gasteiger partial charge on any atom is -0.482 e. The number of aryl methyl sites for hydroxylation is 1. The maximum atomic E-state index is 11.5. The van der Waals surface area contributed by atoms with Crippen molar-refractivity contribution in [1.82, 2.24) is 5.32 Å². The van der Waals surface area contributed by atoms with Crippen LogP contribution in [0.3, 0.4) is 0 Å². The molecule has 112 valence electrons. The lowest BCUT2D eigenvalue weighted by Gasteiger charge is -2.11. The first-order chi connectivity index (χ1) is 10.2. The first-order valence-electron chi connectivity index (χ1n) is 7.07. The number of rotatable bonds is 3. The Morgan fingerprint density at radius 1 is 1.29 bits per heavy atom. The first kappa shape index (κ1) is 16.7. The Kier molecular flexibility index (Phi) is 6.95. The van der Waals surface area contributed by atoms with E-state index >= 15 is 0 Å². The first-order valence-corrected chi connectivity index (χ1v) is 7.07. The molecule has 0 saturated heterocycles. The van der Waals surface area contributed by atoms with E-state index in [4.69, 9.17) is 4.74 Å². The summed E-state index contributed by atoms with van der Waals surface area (Å²) in [6, 6.07) is 7.83. The molecule has 0 bridgehead atoms. The van der Waals surface area contributed by atoms with Crippen molar-refractivity contribution in [1.29, 1.82) is 0 Å². The minimum atomic E-state index is -0.229. The van der Waals surface area contributed by atoms with Gasteiger partial charge < -0.3 is 10.1 Å². The lowest BCUT2D eigenvalue weighted by atomic mass is 10.2. The van der Waals surface area contributed by atoms with Gasteiger partial charge in [-0.2, -0.15) is 0 Å². The van der Waals surface area contributed by atoms with Gasteiger partial charge >= 0.3 is 0 Å². The normalized spacial score (nSPS) is 16.2. The number of hydrogen-bond acceptors (Lipinski definition) is 3. The van der Waals surface area contributed by atoms with E-state index in [2.05, 4.69) is 10.3 Å². The molecule has 1 unspecified atom stereocenters. The van der Waals surface area contributed by atoms with Crippen LogP contribution in [-0.2, 0) is 4.79 Å². The molecule has 1 aromatic rings. The Bertz CT molecular complexity index is 560. The van der Waals surface area contributed by atoms with Crippen molar-refractivity contribution >= 4 is 11.6 Å². The Labute approximate surface area is 126 Å². The van der Waals surface area contributed by atoms with Gasteiger partial charge in [-0.3, -0.25) is 9.79 Å². The Balaban J connectivity index is 0.00000106. The molecule has 1 N–H and O–H groups in total. The third kappa shape index (κ3) is 5.26. The summed E-state index contributed by atoms with van der Waals surface area (Å²) in [6.45, 7) is 6.01. The third-order valence-electron chi connectivity index (χ3n) is 2.65. The van der Waals surface area contributed by atoms with Crippen molar-refractivity contribution in [3.63, 3.8) is 0 Å². The van der Waals surface area contributed by atoms with Gasteiger partial charge in [0.05, 0.1) is 0 Å². The number of carbonyl (C=O) groups excluding carboxylic acids is 1. The predicted octanol–water partition coefficient (Wildman–Crippen LogP) is 3.04. The van der Waals surface area contributed by atoms with Crippen LogP contribution in [0.25, 0.3) is 0 Å². The minimum absolute atomic E-state index is 0.211. The zero-order chi connectivity index (χ0) is 15.7. The summed E-state index contributed by atoms with van der Waals surface area (Å²) in [5.74, 6) is 0.583. The summed E-state index contributed by atoms with van der Waals surface area (Å²) in [5.41, 5.74) is 1.51. The highest BCUT2D eigenvalue weighted by molar-refractivity contribution is 6.43. The second-order valence-electron chi connectivity index (χ2n) is 4.19. The quantitative estimate of drug-likeness (QED) is 0.928. The van der Waals surface area contributed by atoms with Crippen LogP contribution < -0.4 is 10.1 Å². The predicted molar refractivity (Wildman–Crippen MR) is 86.7 cm³/mol. The average molecular weight is 286 g/mol. The molecule has 1 aliphatic heterocycles. The summed E-state index contributed by atoms with van der Waals surface area (Å²) in [6.07, 6.45) is 6.63. The van der Waals surface area contributed by atoms with Crippen LogP contribution >= 0.6 is 0 Å². The van der Waals surface area contributed by atoms with Crippen LogP contribution in [0.15, 0.2) is 53.7 Å². The number of carbonyl (C=O) groups is 1. The molecular weight excluding hydrogens is 264 g/mol. The summed E-state index contributed by atoms with van der Waals surface area (Å²) < 4.78 is 5.80. The molecule has 0 aromatic heterocycles. The average Bonchev–Trinajstić information content (AvgIpc) is 2.74. The van der Waals surface area contributed by atoms with Gasteiger partial charge in [-0.1, -0.05) is 26.0 Å². The van der Waals surface area contributed by atoms with Crippen molar-refractivity contribution in [3.8, 4) is 5.75 Å². The molecule has 4 nitrogen and oxygen atoms in total. The van der Waals surface area contributed by atoms with Crippen LogP contribution in [0.4, 0.5) is 0 Å². The monoisotopic (exact) mass is 286 g/mol. The van der Waals surface area contributed by atoms with Gasteiger partial charge in [-0.15, -0.1) is 0 Å². The van der Waals surface area contributed by atoms with Crippen LogP contribution in [0.2, 0.25) is 0 Å². The third-order valence-corrected chi connectivity index (χ3v) is 2.65. The fourth-order valence-corrected chi connectivity index (χ4v) is 1.69. The molecule has 0 aliphatic carbocycles. The second-order valence-corrected chi connectivity index (χ2v) is 4.19. The highest BCUT2D eigenvalue weighted by Gasteiger charge is 2.10. The number of hydrogen-bond donors (Lipinski definition) is 1. The van der Waals surface area contributed by atoms with Gasteiger partial charge in [-0.25, -0.2) is 0 Å². The maximum absolute atomic E-state index is 11.5.